The van der Waals surface area contributed by atoms with E-state index in [1.807, 2.05) is 30.5 Å². The van der Waals surface area contributed by atoms with Crippen LogP contribution in [0, 0.1) is 0 Å². The predicted molar refractivity (Wildman–Crippen MR) is 99.7 cm³/mol. The van der Waals surface area contributed by atoms with Gasteiger partial charge in [-0.15, -0.1) is 0 Å². The summed E-state index contributed by atoms with van der Waals surface area (Å²) in [4.78, 5) is 19.2. The largest absolute Gasteiger partial charge is 0.391 e. The maximum Gasteiger partial charge on any atom is 0.315 e. The van der Waals surface area contributed by atoms with Crippen LogP contribution in [0.15, 0.2) is 35.0 Å². The smallest absolute Gasteiger partial charge is 0.315 e. The number of aromatic amines is 1. The third-order valence-electron chi connectivity index (χ3n) is 4.41. The highest BCUT2D eigenvalue weighted by Gasteiger charge is 2.17. The van der Waals surface area contributed by atoms with Gasteiger partial charge in [0.25, 0.3) is 0 Å². The van der Waals surface area contributed by atoms with Crippen molar-refractivity contribution in [2.24, 2.45) is 5.73 Å². The summed E-state index contributed by atoms with van der Waals surface area (Å²) in [5.41, 5.74) is 8.35. The first-order chi connectivity index (χ1) is 12.9. The number of aliphatic hydroxyl groups is 1. The van der Waals surface area contributed by atoms with Crippen LogP contribution >= 0.6 is 0 Å². The minimum atomic E-state index is -0.645. The van der Waals surface area contributed by atoms with Crippen molar-refractivity contribution in [2.45, 2.75) is 45.0 Å². The second kappa shape index (κ2) is 8.19. The number of H-pyrrole nitrogens is 1. The molecule has 3 atom stereocenters. The van der Waals surface area contributed by atoms with Gasteiger partial charge in [-0.05, 0) is 31.9 Å². The third-order valence-corrected chi connectivity index (χ3v) is 4.41. The lowest BCUT2D eigenvalue weighted by atomic mass is 10.1. The van der Waals surface area contributed by atoms with Crippen molar-refractivity contribution < 1.29 is 14.4 Å². The monoisotopic (exact) mass is 372 g/mol. The van der Waals surface area contributed by atoms with Gasteiger partial charge in [-0.1, -0.05) is 23.4 Å². The average Bonchev–Trinajstić information content (AvgIpc) is 3.27. The molecule has 0 bridgehead atoms. The minimum Gasteiger partial charge on any atom is -0.391 e. The highest BCUT2D eigenvalue weighted by molar-refractivity contribution is 5.83. The van der Waals surface area contributed by atoms with Crippen LogP contribution in [0.25, 0.3) is 10.9 Å². The fourth-order valence-corrected chi connectivity index (χ4v) is 2.65. The van der Waals surface area contributed by atoms with Gasteiger partial charge in [-0.25, -0.2) is 4.79 Å². The van der Waals surface area contributed by atoms with E-state index < -0.39 is 18.2 Å². The fraction of sp³-hybridized carbons (Fsp3) is 0.389. The molecule has 0 saturated heterocycles. The van der Waals surface area contributed by atoms with E-state index in [1.54, 1.807) is 13.8 Å². The minimum absolute atomic E-state index is 0.0746. The molecule has 3 aromatic rings. The number of amides is 2. The molecule has 27 heavy (non-hydrogen) atoms. The van der Waals surface area contributed by atoms with E-state index in [2.05, 4.69) is 25.8 Å². The van der Waals surface area contributed by atoms with Crippen LogP contribution in [0.1, 0.15) is 37.2 Å². The molecule has 1 aromatic carbocycles. The molecule has 144 valence electrons. The molecule has 3 rings (SSSR count). The van der Waals surface area contributed by atoms with Crippen molar-refractivity contribution >= 4 is 16.9 Å². The number of nitrogens with two attached hydrogens (primary N) is 1. The predicted octanol–water partition coefficient (Wildman–Crippen LogP) is 1.36. The maximum absolute atomic E-state index is 11.8. The van der Waals surface area contributed by atoms with Crippen LogP contribution in [0.3, 0.4) is 0 Å². The zero-order chi connectivity index (χ0) is 19.4. The van der Waals surface area contributed by atoms with Gasteiger partial charge < -0.3 is 31.0 Å². The summed E-state index contributed by atoms with van der Waals surface area (Å²) in [6.07, 6.45) is 1.84. The standard InChI is InChI=1S/C18H24N6O3/c1-10(11(2)25)22-18(26)21-9-16-23-17(24-27-16)14(19)7-12-8-20-15-6-4-3-5-13(12)15/h3-6,8,10-11,14,20,25H,7,9,19H2,1-2H3,(H2,21,22,26). The Balaban J connectivity index is 1.56. The number of nitrogens with zero attached hydrogens (tertiary/aromatic N) is 2. The molecule has 9 nitrogen and oxygen atoms in total. The number of aliphatic hydroxyl groups excluding tert-OH is 1. The van der Waals surface area contributed by atoms with Crippen molar-refractivity contribution in [1.82, 2.24) is 25.8 Å². The Bertz CT molecular complexity index is 903. The molecular weight excluding hydrogens is 348 g/mol. The summed E-state index contributed by atoms with van der Waals surface area (Å²) in [6.45, 7) is 3.38. The SMILES string of the molecule is CC(O)C(C)NC(=O)NCc1nc(C(N)Cc2c[nH]c3ccccc23)no1. The Morgan fingerprint density at radius 1 is 1.37 bits per heavy atom. The summed E-state index contributed by atoms with van der Waals surface area (Å²) in [6, 6.07) is 6.77. The zero-order valence-electron chi connectivity index (χ0n) is 15.3. The van der Waals surface area contributed by atoms with Gasteiger partial charge in [0.15, 0.2) is 5.82 Å². The zero-order valence-corrected chi connectivity index (χ0v) is 15.3. The van der Waals surface area contributed by atoms with E-state index in [0.29, 0.717) is 12.2 Å². The van der Waals surface area contributed by atoms with E-state index in [9.17, 15) is 9.90 Å². The first-order valence-corrected chi connectivity index (χ1v) is 8.79. The first kappa shape index (κ1) is 18.9. The van der Waals surface area contributed by atoms with E-state index in [-0.39, 0.29) is 18.5 Å². The molecule has 0 saturated carbocycles. The summed E-state index contributed by atoms with van der Waals surface area (Å²) < 4.78 is 5.15. The van der Waals surface area contributed by atoms with Crippen molar-refractivity contribution in [3.63, 3.8) is 0 Å². The number of nitrogens with one attached hydrogen (secondary N) is 3. The van der Waals surface area contributed by atoms with Crippen LogP contribution in [0.2, 0.25) is 0 Å². The summed E-state index contributed by atoms with van der Waals surface area (Å²) in [5.74, 6) is 0.647. The lowest BCUT2D eigenvalue weighted by molar-refractivity contribution is 0.152. The number of aromatic nitrogens is 3. The van der Waals surface area contributed by atoms with E-state index in [4.69, 9.17) is 10.3 Å². The molecule has 0 fully saturated rings. The van der Waals surface area contributed by atoms with Gasteiger partial charge >= 0.3 is 6.03 Å². The van der Waals surface area contributed by atoms with Gasteiger partial charge in [-0.3, -0.25) is 0 Å². The van der Waals surface area contributed by atoms with Crippen molar-refractivity contribution in [1.29, 1.82) is 0 Å². The van der Waals surface area contributed by atoms with Crippen LogP contribution < -0.4 is 16.4 Å². The lowest BCUT2D eigenvalue weighted by Gasteiger charge is -2.16. The molecule has 0 radical (unpaired) electrons. The number of carbonyl (C=O) groups is 1. The number of carbonyl (C=O) groups excluding carboxylic acids is 1. The first-order valence-electron chi connectivity index (χ1n) is 8.79. The van der Waals surface area contributed by atoms with Crippen LogP contribution in [-0.4, -0.2) is 38.4 Å². The third kappa shape index (κ3) is 4.63. The molecule has 0 aliphatic rings. The molecule has 0 aliphatic heterocycles. The Labute approximate surface area is 156 Å². The average molecular weight is 372 g/mol. The highest BCUT2D eigenvalue weighted by atomic mass is 16.5. The molecular formula is C18H24N6O3. The van der Waals surface area contributed by atoms with Gasteiger partial charge in [-0.2, -0.15) is 4.98 Å². The van der Waals surface area contributed by atoms with Crippen LogP contribution in [0.4, 0.5) is 4.79 Å². The number of hydrogen-bond acceptors (Lipinski definition) is 6. The summed E-state index contributed by atoms with van der Waals surface area (Å²) >= 11 is 0. The van der Waals surface area contributed by atoms with E-state index >= 15 is 0 Å². The molecule has 0 aliphatic carbocycles. The molecule has 3 unspecified atom stereocenters. The molecule has 2 heterocycles. The van der Waals surface area contributed by atoms with Crippen molar-refractivity contribution in [3.05, 3.63) is 47.7 Å². The van der Waals surface area contributed by atoms with Gasteiger partial charge in [0.2, 0.25) is 5.89 Å². The number of benzene rings is 1. The Hall–Kier alpha value is -2.91. The van der Waals surface area contributed by atoms with E-state index in [1.165, 1.54) is 0 Å². The molecule has 9 heteroatoms. The van der Waals surface area contributed by atoms with Crippen molar-refractivity contribution in [2.75, 3.05) is 0 Å². The normalized spacial score (nSPS) is 14.7. The topological polar surface area (TPSA) is 142 Å². The maximum atomic E-state index is 11.8. The Morgan fingerprint density at radius 2 is 2.15 bits per heavy atom. The molecule has 0 spiro atoms. The molecule has 2 amide bonds. The summed E-state index contributed by atoms with van der Waals surface area (Å²) in [7, 11) is 0. The Morgan fingerprint density at radius 3 is 2.93 bits per heavy atom. The number of para-hydroxylation sites is 1. The number of fused-ring (bicyclic) bond motifs is 1. The molecule has 2 aromatic heterocycles. The van der Waals surface area contributed by atoms with E-state index in [0.717, 1.165) is 16.5 Å². The second-order valence-corrected chi connectivity index (χ2v) is 6.57. The lowest BCUT2D eigenvalue weighted by Crippen LogP contribution is -2.45. The second-order valence-electron chi connectivity index (χ2n) is 6.57. The Kier molecular flexibility index (Phi) is 5.72. The van der Waals surface area contributed by atoms with Crippen LogP contribution in [-0.2, 0) is 13.0 Å². The quantitative estimate of drug-likeness (QED) is 0.424. The van der Waals surface area contributed by atoms with Crippen molar-refractivity contribution in [3.8, 4) is 0 Å². The van der Waals surface area contributed by atoms with Gasteiger partial charge in [0.1, 0.15) is 0 Å². The fourth-order valence-electron chi connectivity index (χ4n) is 2.65. The number of hydrogen-bond donors (Lipinski definition) is 5. The van der Waals surface area contributed by atoms with Gasteiger partial charge in [0.05, 0.1) is 24.7 Å². The molecule has 6 N–H and O–H groups in total. The number of urea groups is 1. The van der Waals surface area contributed by atoms with Gasteiger partial charge in [0, 0.05) is 17.1 Å². The van der Waals surface area contributed by atoms with Crippen LogP contribution in [0.5, 0.6) is 0 Å². The number of rotatable bonds is 7. The highest BCUT2D eigenvalue weighted by Crippen LogP contribution is 2.22. The summed E-state index contributed by atoms with van der Waals surface area (Å²) in [5, 5.41) is 19.6.